The Morgan fingerprint density at radius 2 is 1.79 bits per heavy atom. The van der Waals surface area contributed by atoms with Crippen LogP contribution in [0.1, 0.15) is 36.7 Å². The summed E-state index contributed by atoms with van der Waals surface area (Å²) in [7, 11) is 1.33. The lowest BCUT2D eigenvalue weighted by Gasteiger charge is -2.04. The van der Waals surface area contributed by atoms with Gasteiger partial charge in [0.2, 0.25) is 6.54 Å². The first-order valence-corrected chi connectivity index (χ1v) is 8.08. The first-order valence-electron chi connectivity index (χ1n) is 8.08. The van der Waals surface area contributed by atoms with Crippen molar-refractivity contribution in [2.75, 3.05) is 12.4 Å². The average Bonchev–Trinajstić information content (AvgIpc) is 2.63. The molecule has 1 amide bonds. The van der Waals surface area contributed by atoms with Crippen molar-refractivity contribution in [3.63, 3.8) is 0 Å². The van der Waals surface area contributed by atoms with E-state index in [-0.39, 0.29) is 12.5 Å². The topological polar surface area (TPSA) is 59.3 Å². The molecule has 0 saturated heterocycles. The highest BCUT2D eigenvalue weighted by molar-refractivity contribution is 5.90. The van der Waals surface area contributed by atoms with Crippen LogP contribution in [0.3, 0.4) is 0 Å². The zero-order chi connectivity index (χ0) is 17.9. The molecule has 0 radical (unpaired) electrons. The summed E-state index contributed by atoms with van der Waals surface area (Å²) in [5.41, 5.74) is 2.38. The molecular weight excluding hydrogens is 304 g/mol. The summed E-state index contributed by atoms with van der Waals surface area (Å²) >= 11 is 0. The predicted octanol–water partition coefficient (Wildman–Crippen LogP) is 2.99. The highest BCUT2D eigenvalue weighted by Crippen LogP contribution is 2.09. The molecule has 5 nitrogen and oxygen atoms in total. The highest BCUT2D eigenvalue weighted by Gasteiger charge is 2.14. The highest BCUT2D eigenvalue weighted by atomic mass is 16.5. The van der Waals surface area contributed by atoms with Crippen LogP contribution in [0.15, 0.2) is 48.8 Å². The molecule has 1 N–H and O–H groups in total. The fourth-order valence-electron chi connectivity index (χ4n) is 2.05. The van der Waals surface area contributed by atoms with Crippen molar-refractivity contribution in [3.05, 3.63) is 59.9 Å². The quantitative estimate of drug-likeness (QED) is 0.678. The fraction of sp³-hybridized carbons (Fsp3) is 0.316. The molecule has 0 atom stereocenters. The van der Waals surface area contributed by atoms with E-state index in [1.807, 2.05) is 38.1 Å². The standard InChI is InChI=1S/C17H18N2O3.C2H6/c1-3-13-6-8-15(9-7-13)18-16(20)12-19-10-4-5-14(11-19)17(21)22-2;1-2/h4-11H,3,12H2,1-2H3;1-2H3/p+1. The number of aromatic nitrogens is 1. The third-order valence-electron chi connectivity index (χ3n) is 3.25. The number of pyridine rings is 1. The van der Waals surface area contributed by atoms with Crippen LogP contribution in [0, 0.1) is 0 Å². The van der Waals surface area contributed by atoms with Gasteiger partial charge in [0.25, 0.3) is 5.91 Å². The lowest BCUT2D eigenvalue weighted by molar-refractivity contribution is -0.684. The molecule has 0 bridgehead atoms. The summed E-state index contributed by atoms with van der Waals surface area (Å²) in [6.45, 7) is 6.21. The van der Waals surface area contributed by atoms with Gasteiger partial charge in [0.05, 0.1) is 7.11 Å². The van der Waals surface area contributed by atoms with Crippen LogP contribution in [0.5, 0.6) is 0 Å². The smallest absolute Gasteiger partial charge is 0.343 e. The molecule has 1 aromatic heterocycles. The zero-order valence-corrected chi connectivity index (χ0v) is 14.7. The minimum absolute atomic E-state index is 0.125. The molecule has 1 aromatic carbocycles. The Hall–Kier alpha value is -2.69. The number of ether oxygens (including phenoxy) is 1. The molecule has 5 heteroatoms. The maximum absolute atomic E-state index is 12.0. The van der Waals surface area contributed by atoms with Crippen molar-refractivity contribution in [1.29, 1.82) is 0 Å². The number of carbonyl (C=O) groups excluding carboxylic acids is 2. The molecule has 0 aliphatic rings. The molecule has 0 fully saturated rings. The van der Waals surface area contributed by atoms with Crippen LogP contribution in [0.2, 0.25) is 0 Å². The third kappa shape index (κ3) is 5.83. The van der Waals surface area contributed by atoms with Gasteiger partial charge in [0.1, 0.15) is 5.56 Å². The Morgan fingerprint density at radius 1 is 1.12 bits per heavy atom. The lowest BCUT2D eigenvalue weighted by Crippen LogP contribution is -2.40. The second-order valence-electron chi connectivity index (χ2n) is 4.86. The van der Waals surface area contributed by atoms with Gasteiger partial charge in [-0.1, -0.05) is 32.9 Å². The minimum atomic E-state index is -0.426. The molecule has 0 aliphatic carbocycles. The number of hydrogen-bond acceptors (Lipinski definition) is 3. The second kappa shape index (κ2) is 10.2. The number of nitrogens with one attached hydrogen (secondary N) is 1. The number of anilines is 1. The van der Waals surface area contributed by atoms with E-state index in [1.165, 1.54) is 12.7 Å². The van der Waals surface area contributed by atoms with Crippen LogP contribution in [-0.4, -0.2) is 19.0 Å². The number of rotatable bonds is 5. The zero-order valence-electron chi connectivity index (χ0n) is 14.7. The molecule has 2 aromatic rings. The lowest BCUT2D eigenvalue weighted by atomic mass is 10.1. The van der Waals surface area contributed by atoms with Gasteiger partial charge in [-0.3, -0.25) is 4.79 Å². The first kappa shape index (κ1) is 19.4. The minimum Gasteiger partial charge on any atom is -0.465 e. The van der Waals surface area contributed by atoms with Gasteiger partial charge < -0.3 is 10.1 Å². The average molecular weight is 329 g/mol. The molecule has 24 heavy (non-hydrogen) atoms. The maximum atomic E-state index is 12.0. The Balaban J connectivity index is 0.00000139. The summed E-state index contributed by atoms with van der Waals surface area (Å²) in [4.78, 5) is 23.5. The molecule has 0 unspecified atom stereocenters. The summed E-state index contributed by atoms with van der Waals surface area (Å²) in [6, 6.07) is 11.1. The van der Waals surface area contributed by atoms with E-state index in [2.05, 4.69) is 17.0 Å². The van der Waals surface area contributed by atoms with Crippen molar-refractivity contribution in [2.24, 2.45) is 0 Å². The van der Waals surface area contributed by atoms with E-state index in [0.717, 1.165) is 12.1 Å². The molecular formula is C19H25N2O3+. The van der Waals surface area contributed by atoms with Gasteiger partial charge >= 0.3 is 5.97 Å². The predicted molar refractivity (Wildman–Crippen MR) is 93.8 cm³/mol. The summed E-state index contributed by atoms with van der Waals surface area (Å²) in [6.07, 6.45) is 4.28. The molecule has 0 saturated carbocycles. The third-order valence-corrected chi connectivity index (χ3v) is 3.25. The van der Waals surface area contributed by atoms with Gasteiger partial charge in [-0.05, 0) is 30.2 Å². The van der Waals surface area contributed by atoms with E-state index in [4.69, 9.17) is 0 Å². The monoisotopic (exact) mass is 329 g/mol. The first-order chi connectivity index (χ1) is 11.6. The molecule has 1 heterocycles. The summed E-state index contributed by atoms with van der Waals surface area (Å²) in [5, 5.41) is 2.83. The van der Waals surface area contributed by atoms with Crippen molar-refractivity contribution in [1.82, 2.24) is 0 Å². The molecule has 0 spiro atoms. The van der Waals surface area contributed by atoms with E-state index >= 15 is 0 Å². The van der Waals surface area contributed by atoms with Crippen LogP contribution in [0.25, 0.3) is 0 Å². The Labute approximate surface area is 143 Å². The Bertz CT molecular complexity index is 667. The molecule has 0 aliphatic heterocycles. The van der Waals surface area contributed by atoms with Gasteiger partial charge in [-0.25, -0.2) is 4.79 Å². The van der Waals surface area contributed by atoms with E-state index in [1.54, 1.807) is 29.1 Å². The van der Waals surface area contributed by atoms with E-state index in [9.17, 15) is 9.59 Å². The van der Waals surface area contributed by atoms with Gasteiger partial charge in [0.15, 0.2) is 12.4 Å². The van der Waals surface area contributed by atoms with Crippen LogP contribution in [0.4, 0.5) is 5.69 Å². The van der Waals surface area contributed by atoms with Crippen molar-refractivity contribution in [2.45, 2.75) is 33.7 Å². The van der Waals surface area contributed by atoms with Gasteiger partial charge in [0, 0.05) is 11.8 Å². The van der Waals surface area contributed by atoms with Crippen molar-refractivity contribution in [3.8, 4) is 0 Å². The number of nitrogens with zero attached hydrogens (tertiary/aromatic N) is 1. The summed E-state index contributed by atoms with van der Waals surface area (Å²) in [5.74, 6) is -0.582. The number of hydrogen-bond donors (Lipinski definition) is 1. The SMILES string of the molecule is CC.CCc1ccc(NC(=O)C[n+]2cccc(C(=O)OC)c2)cc1. The van der Waals surface area contributed by atoms with Gasteiger partial charge in [-0.15, -0.1) is 0 Å². The van der Waals surface area contributed by atoms with E-state index in [0.29, 0.717) is 5.56 Å². The normalized spacial score (nSPS) is 9.50. The Morgan fingerprint density at radius 3 is 2.38 bits per heavy atom. The van der Waals surface area contributed by atoms with Crippen LogP contribution >= 0.6 is 0 Å². The number of benzene rings is 1. The number of methoxy groups -OCH3 is 1. The van der Waals surface area contributed by atoms with Crippen molar-refractivity contribution < 1.29 is 18.9 Å². The molecule has 2 rings (SSSR count). The number of amides is 1. The largest absolute Gasteiger partial charge is 0.465 e. The second-order valence-corrected chi connectivity index (χ2v) is 4.86. The van der Waals surface area contributed by atoms with Crippen LogP contribution in [-0.2, 0) is 22.5 Å². The number of esters is 1. The van der Waals surface area contributed by atoms with Crippen LogP contribution < -0.4 is 9.88 Å². The maximum Gasteiger partial charge on any atom is 0.343 e. The van der Waals surface area contributed by atoms with Gasteiger partial charge in [-0.2, -0.15) is 4.57 Å². The van der Waals surface area contributed by atoms with Crippen molar-refractivity contribution >= 4 is 17.6 Å². The summed E-state index contributed by atoms with van der Waals surface area (Å²) < 4.78 is 6.30. The molecule has 128 valence electrons. The Kier molecular flexibility index (Phi) is 8.19. The number of aryl methyl sites for hydroxylation is 1. The number of carbonyl (C=O) groups is 2. The fourth-order valence-corrected chi connectivity index (χ4v) is 2.05. The van der Waals surface area contributed by atoms with E-state index < -0.39 is 5.97 Å².